The predicted octanol–water partition coefficient (Wildman–Crippen LogP) is 2.09. The number of carbonyl (C=O) groups is 1. The number of hydrogen-bond donors (Lipinski definition) is 0. The van der Waals surface area contributed by atoms with Crippen LogP contribution in [0.25, 0.3) is 10.2 Å². The van der Waals surface area contributed by atoms with Gasteiger partial charge in [0.05, 0.1) is 6.42 Å². The maximum atomic E-state index is 10.3. The van der Waals surface area contributed by atoms with E-state index >= 15 is 0 Å². The van der Waals surface area contributed by atoms with Crippen molar-refractivity contribution in [1.29, 1.82) is 0 Å². The van der Waals surface area contributed by atoms with E-state index in [1.807, 2.05) is 12.1 Å². The van der Waals surface area contributed by atoms with Gasteiger partial charge in [0, 0.05) is 13.0 Å². The molecule has 2 aromatic rings. The molecule has 72 valence electrons. The van der Waals surface area contributed by atoms with Crippen LogP contribution in [0.4, 0.5) is 0 Å². The molecule has 0 aliphatic heterocycles. The Kier molecular flexibility index (Phi) is 2.59. The van der Waals surface area contributed by atoms with Gasteiger partial charge in [-0.1, -0.05) is 23.5 Å². The Balaban J connectivity index is 2.50. The van der Waals surface area contributed by atoms with Gasteiger partial charge in [0.15, 0.2) is 6.54 Å². The van der Waals surface area contributed by atoms with Crippen molar-refractivity contribution < 1.29 is 9.36 Å². The van der Waals surface area contributed by atoms with Gasteiger partial charge in [-0.05, 0) is 6.07 Å². The fraction of sp³-hybridized carbons (Fsp3) is 0.273. The van der Waals surface area contributed by atoms with E-state index in [0.717, 1.165) is 12.8 Å². The molecule has 0 amide bonds. The van der Waals surface area contributed by atoms with Gasteiger partial charge in [0.1, 0.15) is 11.0 Å². The topological polar surface area (TPSA) is 20.9 Å². The highest BCUT2D eigenvalue weighted by molar-refractivity contribution is 7.18. The van der Waals surface area contributed by atoms with Crippen LogP contribution in [0, 0.1) is 6.92 Å². The van der Waals surface area contributed by atoms with Crippen LogP contribution in [0.2, 0.25) is 0 Å². The monoisotopic (exact) mass is 206 g/mol. The van der Waals surface area contributed by atoms with E-state index in [9.17, 15) is 4.79 Å². The predicted molar refractivity (Wildman–Crippen MR) is 57.4 cm³/mol. The molecule has 0 N–H and O–H groups in total. The number of aryl methyl sites for hydroxylation is 2. The summed E-state index contributed by atoms with van der Waals surface area (Å²) in [6.07, 6.45) is 1.56. The van der Waals surface area contributed by atoms with Gasteiger partial charge in [-0.15, -0.1) is 0 Å². The molecular formula is C11H12NOS+. The van der Waals surface area contributed by atoms with Crippen molar-refractivity contribution in [2.75, 3.05) is 0 Å². The first-order valence-corrected chi connectivity index (χ1v) is 5.46. The second-order valence-corrected chi connectivity index (χ2v) is 4.43. The summed E-state index contributed by atoms with van der Waals surface area (Å²) in [5.41, 5.74) is 1.23. The van der Waals surface area contributed by atoms with Crippen molar-refractivity contribution in [2.24, 2.45) is 0 Å². The fourth-order valence-electron chi connectivity index (χ4n) is 1.61. The number of rotatable bonds is 3. The SMILES string of the molecule is Cc1sc2ccccc2[n+]1CCC=O. The molecule has 0 saturated heterocycles. The summed E-state index contributed by atoms with van der Waals surface area (Å²) in [5, 5.41) is 1.26. The number of fused-ring (bicyclic) bond motifs is 1. The first kappa shape index (κ1) is 9.34. The summed E-state index contributed by atoms with van der Waals surface area (Å²) in [6, 6.07) is 8.29. The Morgan fingerprint density at radius 2 is 2.21 bits per heavy atom. The minimum Gasteiger partial charge on any atom is -0.303 e. The highest BCUT2D eigenvalue weighted by atomic mass is 32.1. The maximum absolute atomic E-state index is 10.3. The second-order valence-electron chi connectivity index (χ2n) is 3.20. The molecule has 3 heteroatoms. The molecule has 0 bridgehead atoms. The average Bonchev–Trinajstić information content (AvgIpc) is 2.51. The zero-order valence-electron chi connectivity index (χ0n) is 8.06. The summed E-state index contributed by atoms with van der Waals surface area (Å²) >= 11 is 1.78. The molecule has 2 rings (SSSR count). The summed E-state index contributed by atoms with van der Waals surface area (Å²) in [6.45, 7) is 2.88. The molecule has 14 heavy (non-hydrogen) atoms. The average molecular weight is 206 g/mol. The lowest BCUT2D eigenvalue weighted by molar-refractivity contribution is -0.671. The van der Waals surface area contributed by atoms with Gasteiger partial charge in [-0.3, -0.25) is 0 Å². The van der Waals surface area contributed by atoms with Gasteiger partial charge in [0.2, 0.25) is 10.5 Å². The molecule has 1 aromatic heterocycles. The largest absolute Gasteiger partial charge is 0.303 e. The molecule has 0 spiro atoms. The first-order valence-electron chi connectivity index (χ1n) is 4.64. The molecule has 0 unspecified atom stereocenters. The Bertz CT molecular complexity index is 461. The quantitative estimate of drug-likeness (QED) is 0.556. The third-order valence-electron chi connectivity index (χ3n) is 2.26. The highest BCUT2D eigenvalue weighted by Crippen LogP contribution is 2.19. The zero-order valence-corrected chi connectivity index (χ0v) is 8.88. The van der Waals surface area contributed by atoms with E-state index in [4.69, 9.17) is 0 Å². The van der Waals surface area contributed by atoms with Crippen LogP contribution in [0.3, 0.4) is 0 Å². The Hall–Kier alpha value is -1.22. The smallest absolute Gasteiger partial charge is 0.235 e. The number of para-hydroxylation sites is 1. The van der Waals surface area contributed by atoms with Crippen molar-refractivity contribution in [3.8, 4) is 0 Å². The van der Waals surface area contributed by atoms with Crippen LogP contribution < -0.4 is 4.57 Å². The van der Waals surface area contributed by atoms with E-state index < -0.39 is 0 Å². The normalized spacial score (nSPS) is 10.6. The van der Waals surface area contributed by atoms with Crippen molar-refractivity contribution in [1.82, 2.24) is 0 Å². The number of nitrogens with zero attached hydrogens (tertiary/aromatic N) is 1. The number of benzene rings is 1. The van der Waals surface area contributed by atoms with E-state index in [0.29, 0.717) is 6.42 Å². The molecule has 2 nitrogen and oxygen atoms in total. The molecule has 0 atom stereocenters. The standard InChI is InChI=1S/C11H12NOS/c1-9-12(7-4-8-13)10-5-2-3-6-11(10)14-9/h2-3,5-6,8H,4,7H2,1H3/q+1. The van der Waals surface area contributed by atoms with Crippen molar-refractivity contribution in [3.63, 3.8) is 0 Å². The third-order valence-corrected chi connectivity index (χ3v) is 3.35. The number of carbonyl (C=O) groups excluding carboxylic acids is 1. The van der Waals surface area contributed by atoms with Crippen LogP contribution in [0.15, 0.2) is 24.3 Å². The van der Waals surface area contributed by atoms with Crippen LogP contribution in [0.5, 0.6) is 0 Å². The first-order chi connectivity index (χ1) is 6.83. The summed E-state index contributed by atoms with van der Waals surface area (Å²) in [7, 11) is 0. The molecule has 0 aliphatic rings. The van der Waals surface area contributed by atoms with Gasteiger partial charge < -0.3 is 4.79 Å². The summed E-state index contributed by atoms with van der Waals surface area (Å²) in [5.74, 6) is 0. The fourth-order valence-corrected chi connectivity index (χ4v) is 2.66. The number of aromatic nitrogens is 1. The molecule has 0 radical (unpaired) electrons. The van der Waals surface area contributed by atoms with Crippen LogP contribution in [-0.4, -0.2) is 6.29 Å². The lowest BCUT2D eigenvalue weighted by Crippen LogP contribution is -2.35. The Morgan fingerprint density at radius 1 is 1.43 bits per heavy atom. The van der Waals surface area contributed by atoms with E-state index in [1.165, 1.54) is 15.2 Å². The highest BCUT2D eigenvalue weighted by Gasteiger charge is 2.15. The maximum Gasteiger partial charge on any atom is 0.235 e. The van der Waals surface area contributed by atoms with E-state index in [1.54, 1.807) is 11.3 Å². The van der Waals surface area contributed by atoms with Gasteiger partial charge >= 0.3 is 0 Å². The zero-order chi connectivity index (χ0) is 9.97. The number of aldehydes is 1. The number of hydrogen-bond acceptors (Lipinski definition) is 2. The van der Waals surface area contributed by atoms with Crippen molar-refractivity contribution >= 4 is 27.8 Å². The number of thiazole rings is 1. The van der Waals surface area contributed by atoms with Gasteiger partial charge in [-0.2, -0.15) is 4.57 Å². The van der Waals surface area contributed by atoms with Gasteiger partial charge in [0.25, 0.3) is 0 Å². The third kappa shape index (κ3) is 1.55. The van der Waals surface area contributed by atoms with Crippen LogP contribution >= 0.6 is 11.3 Å². The summed E-state index contributed by atoms with van der Waals surface area (Å²) < 4.78 is 3.49. The van der Waals surface area contributed by atoms with E-state index in [2.05, 4.69) is 23.6 Å². The molecular weight excluding hydrogens is 194 g/mol. The molecule has 0 saturated carbocycles. The van der Waals surface area contributed by atoms with E-state index in [-0.39, 0.29) is 0 Å². The molecule has 0 fully saturated rings. The van der Waals surface area contributed by atoms with Crippen LogP contribution in [0.1, 0.15) is 11.4 Å². The molecule has 0 aliphatic carbocycles. The van der Waals surface area contributed by atoms with Crippen LogP contribution in [-0.2, 0) is 11.3 Å². The Morgan fingerprint density at radius 3 is 3.00 bits per heavy atom. The second kappa shape index (κ2) is 3.88. The molecule has 1 heterocycles. The molecule has 1 aromatic carbocycles. The minimum absolute atomic E-state index is 0.590. The lowest BCUT2D eigenvalue weighted by Gasteiger charge is -1.91. The van der Waals surface area contributed by atoms with Gasteiger partial charge in [-0.25, -0.2) is 0 Å². The van der Waals surface area contributed by atoms with Crippen molar-refractivity contribution in [2.45, 2.75) is 19.9 Å². The Labute approximate surface area is 86.8 Å². The van der Waals surface area contributed by atoms with Crippen molar-refractivity contribution in [3.05, 3.63) is 29.3 Å². The lowest BCUT2D eigenvalue weighted by atomic mass is 10.3. The summed E-state index contributed by atoms with van der Waals surface area (Å²) in [4.78, 5) is 10.3. The minimum atomic E-state index is 0.590.